The number of nitrogens with zero attached hydrogens (tertiary/aromatic N) is 2. The molecule has 2 heterocycles. The first-order valence-corrected chi connectivity index (χ1v) is 5.49. The highest BCUT2D eigenvalue weighted by Crippen LogP contribution is 2.45. The first kappa shape index (κ1) is 9.30. The molecule has 4 atom stereocenters. The Hall–Kier alpha value is -0.940. The molecule has 0 radical (unpaired) electrons. The van der Waals surface area contributed by atoms with Crippen LogP contribution in [0.1, 0.15) is 43.4 Å². The molecule has 3 rings (SSSR count). The molecule has 1 saturated carbocycles. The molecule has 1 aromatic heterocycles. The van der Waals surface area contributed by atoms with Crippen LogP contribution in [0.15, 0.2) is 4.52 Å². The van der Waals surface area contributed by atoms with E-state index in [4.69, 9.17) is 4.52 Å². The average Bonchev–Trinajstić information content (AvgIpc) is 2.71. The van der Waals surface area contributed by atoms with E-state index in [1.165, 1.54) is 6.42 Å². The van der Waals surface area contributed by atoms with Gasteiger partial charge in [0.2, 0.25) is 5.89 Å². The second-order valence-electron chi connectivity index (χ2n) is 4.66. The SMILES string of the molecule is CC1CC1c1noc(C2CC(O)CN2)n1. The first-order valence-electron chi connectivity index (χ1n) is 5.49. The molecule has 0 spiro atoms. The lowest BCUT2D eigenvalue weighted by atomic mass is 10.2. The van der Waals surface area contributed by atoms with Gasteiger partial charge in [-0.3, -0.25) is 0 Å². The fraction of sp³-hybridized carbons (Fsp3) is 0.800. The number of β-amino-alcohol motifs (C(OH)–C–C–N with tert-alkyl or cyclic N) is 1. The standard InChI is InChI=1S/C10H15N3O2/c1-5-2-7(5)9-12-10(15-13-9)8-3-6(14)4-11-8/h5-8,11,14H,2-4H2,1H3. The van der Waals surface area contributed by atoms with Crippen molar-refractivity contribution in [1.82, 2.24) is 15.5 Å². The van der Waals surface area contributed by atoms with Crippen molar-refractivity contribution in [3.8, 4) is 0 Å². The second kappa shape index (κ2) is 3.28. The van der Waals surface area contributed by atoms with Gasteiger partial charge in [-0.25, -0.2) is 0 Å². The van der Waals surface area contributed by atoms with E-state index in [9.17, 15) is 5.11 Å². The van der Waals surface area contributed by atoms with Crippen LogP contribution in [0.4, 0.5) is 0 Å². The highest BCUT2D eigenvalue weighted by molar-refractivity contribution is 5.09. The summed E-state index contributed by atoms with van der Waals surface area (Å²) in [6.45, 7) is 2.81. The van der Waals surface area contributed by atoms with Gasteiger partial charge in [0.1, 0.15) is 0 Å². The third kappa shape index (κ3) is 1.66. The summed E-state index contributed by atoms with van der Waals surface area (Å²) in [5.74, 6) is 2.65. The highest BCUT2D eigenvalue weighted by Gasteiger charge is 2.39. The van der Waals surface area contributed by atoms with Crippen LogP contribution in [-0.4, -0.2) is 27.9 Å². The number of aromatic nitrogens is 2. The molecule has 2 fully saturated rings. The lowest BCUT2D eigenvalue weighted by Crippen LogP contribution is -2.15. The normalized spacial score (nSPS) is 39.6. The largest absolute Gasteiger partial charge is 0.392 e. The van der Waals surface area contributed by atoms with E-state index < -0.39 is 0 Å². The summed E-state index contributed by atoms with van der Waals surface area (Å²) >= 11 is 0. The predicted molar refractivity (Wildman–Crippen MR) is 52.2 cm³/mol. The topological polar surface area (TPSA) is 71.2 Å². The maximum Gasteiger partial charge on any atom is 0.243 e. The Bertz CT molecular complexity index is 365. The Morgan fingerprint density at radius 2 is 2.27 bits per heavy atom. The van der Waals surface area contributed by atoms with E-state index in [0.29, 0.717) is 30.7 Å². The van der Waals surface area contributed by atoms with Crippen molar-refractivity contribution in [3.63, 3.8) is 0 Å². The summed E-state index contributed by atoms with van der Waals surface area (Å²) < 4.78 is 5.21. The van der Waals surface area contributed by atoms with Crippen LogP contribution >= 0.6 is 0 Å². The van der Waals surface area contributed by atoms with Gasteiger partial charge in [0.25, 0.3) is 0 Å². The summed E-state index contributed by atoms with van der Waals surface area (Å²) in [4.78, 5) is 4.39. The van der Waals surface area contributed by atoms with E-state index >= 15 is 0 Å². The zero-order valence-electron chi connectivity index (χ0n) is 8.68. The summed E-state index contributed by atoms with van der Waals surface area (Å²) in [6.07, 6.45) is 1.55. The van der Waals surface area contributed by atoms with Gasteiger partial charge in [-0.1, -0.05) is 12.1 Å². The van der Waals surface area contributed by atoms with Gasteiger partial charge in [-0.05, 0) is 18.8 Å². The van der Waals surface area contributed by atoms with Crippen LogP contribution in [0.2, 0.25) is 0 Å². The summed E-state index contributed by atoms with van der Waals surface area (Å²) in [5.41, 5.74) is 0. The fourth-order valence-corrected chi connectivity index (χ4v) is 2.13. The van der Waals surface area contributed by atoms with Crippen molar-refractivity contribution in [1.29, 1.82) is 0 Å². The number of rotatable bonds is 2. The average molecular weight is 209 g/mol. The minimum atomic E-state index is -0.287. The molecule has 1 aromatic rings. The number of aliphatic hydroxyl groups excluding tert-OH is 1. The lowest BCUT2D eigenvalue weighted by molar-refractivity contribution is 0.191. The van der Waals surface area contributed by atoms with Crippen molar-refractivity contribution in [2.75, 3.05) is 6.54 Å². The smallest absolute Gasteiger partial charge is 0.243 e. The van der Waals surface area contributed by atoms with Gasteiger partial charge in [0, 0.05) is 12.5 Å². The zero-order valence-corrected chi connectivity index (χ0v) is 8.68. The summed E-state index contributed by atoms with van der Waals surface area (Å²) in [6, 6.07) is 0.0373. The Morgan fingerprint density at radius 1 is 1.47 bits per heavy atom. The molecule has 1 aliphatic carbocycles. The van der Waals surface area contributed by atoms with E-state index in [-0.39, 0.29) is 12.1 Å². The van der Waals surface area contributed by atoms with Crippen LogP contribution in [0.5, 0.6) is 0 Å². The highest BCUT2D eigenvalue weighted by atomic mass is 16.5. The predicted octanol–water partition coefficient (Wildman–Crippen LogP) is 0.588. The molecule has 0 aromatic carbocycles. The van der Waals surface area contributed by atoms with Crippen molar-refractivity contribution in [3.05, 3.63) is 11.7 Å². The Labute approximate surface area is 87.9 Å². The van der Waals surface area contributed by atoms with Crippen LogP contribution in [-0.2, 0) is 0 Å². The third-order valence-electron chi connectivity index (χ3n) is 3.30. The number of hydrogen-bond donors (Lipinski definition) is 2. The molecular formula is C10H15N3O2. The van der Waals surface area contributed by atoms with Crippen molar-refractivity contribution >= 4 is 0 Å². The molecule has 5 heteroatoms. The van der Waals surface area contributed by atoms with Gasteiger partial charge < -0.3 is 14.9 Å². The van der Waals surface area contributed by atoms with Crippen LogP contribution in [0.25, 0.3) is 0 Å². The van der Waals surface area contributed by atoms with Crippen LogP contribution < -0.4 is 5.32 Å². The molecule has 2 aliphatic rings. The maximum absolute atomic E-state index is 9.38. The van der Waals surface area contributed by atoms with Crippen molar-refractivity contribution < 1.29 is 9.63 Å². The van der Waals surface area contributed by atoms with E-state index in [0.717, 1.165) is 5.82 Å². The minimum absolute atomic E-state index is 0.0373. The maximum atomic E-state index is 9.38. The molecular weight excluding hydrogens is 194 g/mol. The Morgan fingerprint density at radius 3 is 2.87 bits per heavy atom. The van der Waals surface area contributed by atoms with Gasteiger partial charge in [0.15, 0.2) is 5.82 Å². The number of nitrogens with one attached hydrogen (secondary N) is 1. The molecule has 1 aliphatic heterocycles. The van der Waals surface area contributed by atoms with Crippen molar-refractivity contribution in [2.45, 2.75) is 37.8 Å². The Kier molecular flexibility index (Phi) is 2.03. The summed E-state index contributed by atoms with van der Waals surface area (Å²) in [5, 5.41) is 16.5. The molecule has 82 valence electrons. The molecule has 4 unspecified atom stereocenters. The van der Waals surface area contributed by atoms with Gasteiger partial charge in [-0.15, -0.1) is 0 Å². The van der Waals surface area contributed by atoms with Crippen LogP contribution in [0.3, 0.4) is 0 Å². The van der Waals surface area contributed by atoms with E-state index in [2.05, 4.69) is 22.4 Å². The molecule has 0 bridgehead atoms. The summed E-state index contributed by atoms with van der Waals surface area (Å²) in [7, 11) is 0. The molecule has 0 amide bonds. The lowest BCUT2D eigenvalue weighted by Gasteiger charge is -2.01. The zero-order chi connectivity index (χ0) is 10.4. The van der Waals surface area contributed by atoms with Crippen LogP contribution in [0, 0.1) is 5.92 Å². The Balaban J connectivity index is 1.73. The minimum Gasteiger partial charge on any atom is -0.392 e. The van der Waals surface area contributed by atoms with Gasteiger partial charge >= 0.3 is 0 Å². The molecule has 15 heavy (non-hydrogen) atoms. The van der Waals surface area contributed by atoms with Gasteiger partial charge in [-0.2, -0.15) is 4.98 Å². The first-order chi connectivity index (χ1) is 7.24. The number of hydrogen-bond acceptors (Lipinski definition) is 5. The fourth-order valence-electron chi connectivity index (χ4n) is 2.13. The quantitative estimate of drug-likeness (QED) is 0.745. The monoisotopic (exact) mass is 209 g/mol. The van der Waals surface area contributed by atoms with Crippen molar-refractivity contribution in [2.24, 2.45) is 5.92 Å². The van der Waals surface area contributed by atoms with E-state index in [1.54, 1.807) is 0 Å². The molecule has 2 N–H and O–H groups in total. The van der Waals surface area contributed by atoms with Gasteiger partial charge in [0.05, 0.1) is 12.1 Å². The number of aliphatic hydroxyl groups is 1. The molecule has 5 nitrogen and oxygen atoms in total. The third-order valence-corrected chi connectivity index (χ3v) is 3.30. The second-order valence-corrected chi connectivity index (χ2v) is 4.66. The molecule has 1 saturated heterocycles. The van der Waals surface area contributed by atoms with E-state index in [1.807, 2.05) is 0 Å².